The molecule has 0 radical (unpaired) electrons. The summed E-state index contributed by atoms with van der Waals surface area (Å²) >= 11 is 0. The number of amides is 1. The van der Waals surface area contributed by atoms with Gasteiger partial charge in [0.1, 0.15) is 41.6 Å². The molecule has 0 aliphatic carbocycles. The summed E-state index contributed by atoms with van der Waals surface area (Å²) in [4.78, 5) is 31.1. The fourth-order valence-corrected chi connectivity index (χ4v) is 6.54. The number of nitrogens with one attached hydrogen (secondary N) is 1. The highest BCUT2D eigenvalue weighted by Gasteiger charge is 2.43. The molecule has 290 valence electrons. The number of ether oxygens (including phenoxy) is 4. The van der Waals surface area contributed by atoms with E-state index in [0.29, 0.717) is 28.5 Å². The van der Waals surface area contributed by atoms with Crippen LogP contribution in [0.25, 0.3) is 11.2 Å². The Labute approximate surface area is 315 Å². The predicted molar refractivity (Wildman–Crippen MR) is 197 cm³/mol. The summed E-state index contributed by atoms with van der Waals surface area (Å²) in [5.41, 5.74) is 1.98. The number of methoxy groups -OCH3 is 2. The third-order valence-corrected chi connectivity index (χ3v) is 9.19. The third-order valence-electron chi connectivity index (χ3n) is 9.19. The molecule has 5 aromatic rings. The van der Waals surface area contributed by atoms with Crippen LogP contribution >= 0.6 is 0 Å². The number of benzene rings is 3. The van der Waals surface area contributed by atoms with Gasteiger partial charge in [-0.25, -0.2) is 19.9 Å². The summed E-state index contributed by atoms with van der Waals surface area (Å²) < 4.78 is 64.6. The summed E-state index contributed by atoms with van der Waals surface area (Å²) in [7, 11) is 6.79. The number of fused-ring (bicyclic) bond motifs is 1. The van der Waals surface area contributed by atoms with E-state index >= 15 is 0 Å². The second-order valence-electron chi connectivity index (χ2n) is 13.1. The summed E-state index contributed by atoms with van der Waals surface area (Å²) in [6.45, 7) is -0.300. The lowest BCUT2D eigenvalue weighted by Crippen LogP contribution is -2.38. The second-order valence-corrected chi connectivity index (χ2v) is 13.1. The molecule has 2 aromatic heterocycles. The van der Waals surface area contributed by atoms with Crippen molar-refractivity contribution in [2.45, 2.75) is 49.5 Å². The molecule has 1 amide bonds. The molecular weight excluding hydrogens is 719 g/mol. The number of nitrogens with zero attached hydrogens (tertiary/aromatic N) is 6. The number of carbonyl (C=O) groups excluding carboxylic acids is 1. The quantitative estimate of drug-likeness (QED) is 0.0622. The Balaban J connectivity index is 1.33. The SMILES string of the molecule is COc1ccc(C(OC[C@H]2O[C@@H](n3c(CCCNC(=O)C(F)(F)F)nc4c(/N=C/N(C)C)ncnc43)C[C@@H]2O)(c2ccccc2)c2ccc(OC)cc2)cc1. The first-order chi connectivity index (χ1) is 26.4. The van der Waals surface area contributed by atoms with E-state index < -0.39 is 36.1 Å². The fraction of sp³-hybridized carbons (Fsp3) is 0.359. The van der Waals surface area contributed by atoms with Crippen LogP contribution < -0.4 is 14.8 Å². The van der Waals surface area contributed by atoms with Gasteiger partial charge in [0.25, 0.3) is 0 Å². The van der Waals surface area contributed by atoms with Crippen molar-refractivity contribution < 1.29 is 42.0 Å². The smallest absolute Gasteiger partial charge is 0.471 e. The molecule has 1 fully saturated rings. The van der Waals surface area contributed by atoms with Gasteiger partial charge in [0.15, 0.2) is 17.0 Å². The topological polar surface area (TPSA) is 145 Å². The maximum absolute atomic E-state index is 12.8. The molecule has 55 heavy (non-hydrogen) atoms. The minimum atomic E-state index is -4.99. The van der Waals surface area contributed by atoms with Crippen molar-refractivity contribution in [1.29, 1.82) is 0 Å². The highest BCUT2D eigenvalue weighted by molar-refractivity contribution is 5.83. The number of imidazole rings is 1. The van der Waals surface area contributed by atoms with Crippen LogP contribution in [-0.4, -0.2) is 102 Å². The second kappa shape index (κ2) is 16.8. The minimum absolute atomic E-state index is 0.0522. The lowest BCUT2D eigenvalue weighted by Gasteiger charge is -2.37. The van der Waals surface area contributed by atoms with E-state index in [1.807, 2.05) is 84.2 Å². The van der Waals surface area contributed by atoms with Gasteiger partial charge in [-0.2, -0.15) is 13.2 Å². The van der Waals surface area contributed by atoms with Crippen molar-refractivity contribution in [3.05, 3.63) is 108 Å². The number of aryl methyl sites for hydroxylation is 1. The van der Waals surface area contributed by atoms with Crippen LogP contribution in [0.4, 0.5) is 19.0 Å². The first-order valence-electron chi connectivity index (χ1n) is 17.5. The van der Waals surface area contributed by atoms with Gasteiger partial charge in [-0.05, 0) is 47.4 Å². The molecule has 3 heterocycles. The number of alkyl halides is 3. The van der Waals surface area contributed by atoms with Crippen molar-refractivity contribution >= 4 is 29.2 Å². The van der Waals surface area contributed by atoms with E-state index in [1.165, 1.54) is 6.33 Å². The lowest BCUT2D eigenvalue weighted by molar-refractivity contribution is -0.173. The zero-order valence-corrected chi connectivity index (χ0v) is 30.7. The molecule has 0 saturated carbocycles. The molecule has 1 saturated heterocycles. The van der Waals surface area contributed by atoms with Crippen LogP contribution in [0.3, 0.4) is 0 Å². The molecule has 0 spiro atoms. The van der Waals surface area contributed by atoms with Gasteiger partial charge in [0, 0.05) is 33.5 Å². The summed E-state index contributed by atoms with van der Waals surface area (Å²) in [5.74, 6) is 0.000728. The van der Waals surface area contributed by atoms with E-state index in [4.69, 9.17) is 23.9 Å². The van der Waals surface area contributed by atoms with E-state index in [2.05, 4.69) is 15.0 Å². The number of carbonyl (C=O) groups is 1. The average molecular weight is 762 g/mol. The monoisotopic (exact) mass is 761 g/mol. The molecule has 0 bridgehead atoms. The first kappa shape index (κ1) is 39.1. The average Bonchev–Trinajstić information content (AvgIpc) is 3.75. The number of aliphatic imine (C=N–C) groups is 1. The van der Waals surface area contributed by atoms with Gasteiger partial charge in [-0.3, -0.25) is 9.36 Å². The molecule has 13 nitrogen and oxygen atoms in total. The number of hydrogen-bond acceptors (Lipinski definition) is 10. The zero-order chi connectivity index (χ0) is 39.2. The Bertz CT molecular complexity index is 2030. The fourth-order valence-electron chi connectivity index (χ4n) is 6.54. The predicted octanol–water partition coefficient (Wildman–Crippen LogP) is 5.33. The van der Waals surface area contributed by atoms with Gasteiger partial charge < -0.3 is 34.3 Å². The number of hydrogen-bond donors (Lipinski definition) is 2. The molecule has 3 aromatic carbocycles. The Morgan fingerprint density at radius 3 is 2.18 bits per heavy atom. The summed E-state index contributed by atoms with van der Waals surface area (Å²) in [6, 6.07) is 24.9. The van der Waals surface area contributed by atoms with Gasteiger partial charge in [0.05, 0.1) is 33.3 Å². The van der Waals surface area contributed by atoms with E-state index in [0.717, 1.165) is 16.7 Å². The van der Waals surface area contributed by atoms with Crippen LogP contribution in [0, 0.1) is 0 Å². The maximum atomic E-state index is 12.8. The van der Waals surface area contributed by atoms with E-state index in [-0.39, 0.29) is 38.2 Å². The zero-order valence-electron chi connectivity index (χ0n) is 30.7. The van der Waals surface area contributed by atoms with Crippen LogP contribution in [0.2, 0.25) is 0 Å². The maximum Gasteiger partial charge on any atom is 0.471 e. The number of rotatable bonds is 15. The van der Waals surface area contributed by atoms with Crippen molar-refractivity contribution in [2.24, 2.45) is 4.99 Å². The van der Waals surface area contributed by atoms with Gasteiger partial charge >= 0.3 is 12.1 Å². The van der Waals surface area contributed by atoms with Gasteiger partial charge in [-0.15, -0.1) is 0 Å². The number of halogens is 3. The van der Waals surface area contributed by atoms with Gasteiger partial charge in [0.2, 0.25) is 0 Å². The molecule has 2 N–H and O–H groups in total. The number of aromatic nitrogens is 4. The number of aliphatic hydroxyl groups excluding tert-OH is 1. The molecule has 16 heteroatoms. The van der Waals surface area contributed by atoms with Crippen molar-refractivity contribution in [2.75, 3.05) is 41.5 Å². The molecular formula is C39H42F3N7O6. The molecule has 6 rings (SSSR count). The largest absolute Gasteiger partial charge is 0.497 e. The van der Waals surface area contributed by atoms with Crippen LogP contribution in [0.1, 0.15) is 41.6 Å². The van der Waals surface area contributed by atoms with Gasteiger partial charge in [-0.1, -0.05) is 54.6 Å². The van der Waals surface area contributed by atoms with Crippen LogP contribution in [0.15, 0.2) is 90.2 Å². The Kier molecular flexibility index (Phi) is 12.0. The highest BCUT2D eigenvalue weighted by atomic mass is 19.4. The standard InChI is InChI=1S/C39H42F3N7O6/c1-48(2)24-46-35-34-36(45-23-44-35)49(32(47-34)11-8-20-43-37(51)39(40,41)42)33-21-30(50)31(55-33)22-54-38(25-9-6-5-7-10-25,26-12-16-28(52-3)17-13-26)27-14-18-29(53-4)19-15-27/h5-7,9-10,12-19,23-24,30-31,33,50H,8,11,20-22H2,1-4H3,(H,43,51)/b46-24+/t30-,31+,33+/m0/s1. The normalized spacial score (nSPS) is 17.5. The van der Waals surface area contributed by atoms with Crippen molar-refractivity contribution in [3.63, 3.8) is 0 Å². The van der Waals surface area contributed by atoms with Crippen molar-refractivity contribution in [3.8, 4) is 11.5 Å². The van der Waals surface area contributed by atoms with E-state index in [1.54, 1.807) is 44.1 Å². The number of aliphatic hydroxyl groups is 1. The Hall–Kier alpha value is -5.58. The molecule has 0 unspecified atom stereocenters. The third kappa shape index (κ3) is 8.56. The molecule has 1 aliphatic rings. The summed E-state index contributed by atoms with van der Waals surface area (Å²) in [6.07, 6.45) is -4.31. The first-order valence-corrected chi connectivity index (χ1v) is 17.5. The Morgan fingerprint density at radius 2 is 1.60 bits per heavy atom. The van der Waals surface area contributed by atoms with Crippen LogP contribution in [0.5, 0.6) is 11.5 Å². The van der Waals surface area contributed by atoms with Crippen molar-refractivity contribution in [1.82, 2.24) is 29.7 Å². The highest BCUT2D eigenvalue weighted by Crippen LogP contribution is 2.43. The minimum Gasteiger partial charge on any atom is -0.497 e. The lowest BCUT2D eigenvalue weighted by atomic mass is 9.80. The molecule has 1 aliphatic heterocycles. The molecule has 3 atom stereocenters. The summed E-state index contributed by atoms with van der Waals surface area (Å²) in [5, 5.41) is 13.4. The van der Waals surface area contributed by atoms with Crippen LogP contribution in [-0.2, 0) is 26.3 Å². The Morgan fingerprint density at radius 1 is 0.982 bits per heavy atom. The van der Waals surface area contributed by atoms with E-state index in [9.17, 15) is 23.1 Å².